The van der Waals surface area contributed by atoms with E-state index in [1.165, 1.54) is 0 Å². The zero-order valence-electron chi connectivity index (χ0n) is 6.20. The third-order valence-corrected chi connectivity index (χ3v) is 2.37. The molecular weight excluding hydrogens is 152 g/mol. The molecule has 4 heteroatoms. The van der Waals surface area contributed by atoms with Crippen LogP contribution in [-0.2, 0) is 0 Å². The molecular formula is C8H4N4. The normalized spacial score (nSPS) is 21.7. The van der Waals surface area contributed by atoms with Crippen LogP contribution in [0.4, 0.5) is 0 Å². The van der Waals surface area contributed by atoms with E-state index < -0.39 is 10.8 Å². The van der Waals surface area contributed by atoms with Gasteiger partial charge in [-0.2, -0.15) is 21.0 Å². The van der Waals surface area contributed by atoms with Crippen molar-refractivity contribution in [3.63, 3.8) is 0 Å². The number of hydrogen-bond donors (Lipinski definition) is 0. The van der Waals surface area contributed by atoms with Crippen molar-refractivity contribution in [2.75, 3.05) is 0 Å². The summed E-state index contributed by atoms with van der Waals surface area (Å²) in [6, 6.07) is 7.00. The van der Waals surface area contributed by atoms with Gasteiger partial charge in [-0.15, -0.1) is 0 Å². The Hall–Kier alpha value is -2.04. The molecule has 1 fully saturated rings. The fourth-order valence-corrected chi connectivity index (χ4v) is 1.28. The van der Waals surface area contributed by atoms with Crippen molar-refractivity contribution in [1.29, 1.82) is 21.0 Å². The summed E-state index contributed by atoms with van der Waals surface area (Å²) in [7, 11) is 0. The molecule has 0 N–H and O–H groups in total. The average molecular weight is 156 g/mol. The van der Waals surface area contributed by atoms with Crippen molar-refractivity contribution < 1.29 is 0 Å². The molecule has 0 aliphatic heterocycles. The van der Waals surface area contributed by atoms with Gasteiger partial charge in [0.25, 0.3) is 0 Å². The molecule has 12 heavy (non-hydrogen) atoms. The molecule has 0 radical (unpaired) electrons. The first-order chi connectivity index (χ1) is 5.70. The molecule has 0 unspecified atom stereocenters. The van der Waals surface area contributed by atoms with Crippen molar-refractivity contribution in [2.45, 2.75) is 12.8 Å². The maximum atomic E-state index is 8.66. The maximum absolute atomic E-state index is 8.66. The molecule has 0 amide bonds. The Balaban J connectivity index is 3.19. The average Bonchev–Trinajstić information content (AvgIpc) is 2.08. The van der Waals surface area contributed by atoms with E-state index in [4.69, 9.17) is 21.0 Å². The molecule has 56 valence electrons. The maximum Gasteiger partial charge on any atom is 0.175 e. The lowest BCUT2D eigenvalue weighted by Gasteiger charge is -2.40. The summed E-state index contributed by atoms with van der Waals surface area (Å²) in [6.07, 6.45) is 0.641. The van der Waals surface area contributed by atoms with E-state index in [1.807, 2.05) is 0 Å². The standard InChI is InChI=1S/C8H4N4/c9-3-7(4-10)1-2-8(7,5-11)6-12/h1-2H2. The molecule has 1 saturated carbocycles. The van der Waals surface area contributed by atoms with Crippen LogP contribution in [0.5, 0.6) is 0 Å². The Morgan fingerprint density at radius 2 is 0.917 bits per heavy atom. The lowest BCUT2D eigenvalue weighted by atomic mass is 9.52. The first kappa shape index (κ1) is 8.06. The summed E-state index contributed by atoms with van der Waals surface area (Å²) in [5.74, 6) is 0. The predicted molar refractivity (Wildman–Crippen MR) is 36.6 cm³/mol. The summed E-state index contributed by atoms with van der Waals surface area (Å²) in [5.41, 5.74) is -2.78. The van der Waals surface area contributed by atoms with E-state index in [2.05, 4.69) is 0 Å². The molecule has 0 aromatic heterocycles. The van der Waals surface area contributed by atoms with Crippen LogP contribution in [0.25, 0.3) is 0 Å². The van der Waals surface area contributed by atoms with Gasteiger partial charge in [0.2, 0.25) is 0 Å². The highest BCUT2D eigenvalue weighted by Crippen LogP contribution is 2.55. The smallest absolute Gasteiger partial charge is 0.175 e. The SMILES string of the molecule is N#CC1(C#N)CCC1(C#N)C#N. The van der Waals surface area contributed by atoms with Gasteiger partial charge in [-0.3, -0.25) is 0 Å². The number of rotatable bonds is 0. The summed E-state index contributed by atoms with van der Waals surface area (Å²) >= 11 is 0. The zero-order chi connectivity index (χ0) is 9.24. The van der Waals surface area contributed by atoms with Crippen molar-refractivity contribution in [3.8, 4) is 24.3 Å². The second kappa shape index (κ2) is 2.23. The van der Waals surface area contributed by atoms with E-state index in [9.17, 15) is 0 Å². The molecule has 0 heterocycles. The summed E-state index contributed by atoms with van der Waals surface area (Å²) < 4.78 is 0. The molecule has 4 nitrogen and oxygen atoms in total. The Labute approximate surface area is 69.9 Å². The van der Waals surface area contributed by atoms with Crippen LogP contribution in [-0.4, -0.2) is 0 Å². The molecule has 0 aromatic carbocycles. The Bertz CT molecular complexity index is 302. The lowest BCUT2D eigenvalue weighted by Crippen LogP contribution is -2.47. The highest BCUT2D eigenvalue weighted by molar-refractivity contribution is 5.39. The van der Waals surface area contributed by atoms with Gasteiger partial charge < -0.3 is 0 Å². The van der Waals surface area contributed by atoms with Crippen molar-refractivity contribution >= 4 is 0 Å². The molecule has 1 rings (SSSR count). The van der Waals surface area contributed by atoms with Crippen molar-refractivity contribution in [3.05, 3.63) is 0 Å². The van der Waals surface area contributed by atoms with Crippen molar-refractivity contribution in [1.82, 2.24) is 0 Å². The van der Waals surface area contributed by atoms with Gasteiger partial charge >= 0.3 is 0 Å². The van der Waals surface area contributed by atoms with E-state index in [0.29, 0.717) is 12.8 Å². The van der Waals surface area contributed by atoms with Crippen molar-refractivity contribution in [2.24, 2.45) is 10.8 Å². The Morgan fingerprint density at radius 1 is 0.667 bits per heavy atom. The van der Waals surface area contributed by atoms with Gasteiger partial charge in [0.15, 0.2) is 10.8 Å². The second-order valence-electron chi connectivity index (χ2n) is 2.76. The van der Waals surface area contributed by atoms with E-state index >= 15 is 0 Å². The predicted octanol–water partition coefficient (Wildman–Crippen LogP) is 0.847. The molecule has 0 aromatic rings. The summed E-state index contributed by atoms with van der Waals surface area (Å²) in [5, 5.41) is 34.6. The highest BCUT2D eigenvalue weighted by atomic mass is 14.6. The van der Waals surface area contributed by atoms with Crippen LogP contribution in [0, 0.1) is 56.2 Å². The molecule has 1 aliphatic carbocycles. The van der Waals surface area contributed by atoms with Gasteiger partial charge in [0, 0.05) is 0 Å². The molecule has 0 spiro atoms. The van der Waals surface area contributed by atoms with Gasteiger partial charge in [-0.1, -0.05) is 0 Å². The van der Waals surface area contributed by atoms with Gasteiger partial charge in [-0.25, -0.2) is 0 Å². The van der Waals surface area contributed by atoms with Crippen LogP contribution in [0.2, 0.25) is 0 Å². The Morgan fingerprint density at radius 3 is 1.00 bits per heavy atom. The van der Waals surface area contributed by atoms with Gasteiger partial charge in [0.05, 0.1) is 24.3 Å². The number of nitriles is 4. The molecule has 1 aliphatic rings. The highest BCUT2D eigenvalue weighted by Gasteiger charge is 2.62. The van der Waals surface area contributed by atoms with Crippen LogP contribution < -0.4 is 0 Å². The first-order valence-corrected chi connectivity index (χ1v) is 3.35. The largest absolute Gasteiger partial charge is 0.196 e. The fraction of sp³-hybridized carbons (Fsp3) is 0.500. The quantitative estimate of drug-likeness (QED) is 0.519. The van der Waals surface area contributed by atoms with Crippen LogP contribution in [0.1, 0.15) is 12.8 Å². The minimum Gasteiger partial charge on any atom is -0.196 e. The number of nitrogens with zero attached hydrogens (tertiary/aromatic N) is 4. The molecule has 0 atom stereocenters. The van der Waals surface area contributed by atoms with E-state index in [-0.39, 0.29) is 0 Å². The Kier molecular flexibility index (Phi) is 1.50. The monoisotopic (exact) mass is 156 g/mol. The minimum absolute atomic E-state index is 0.321. The van der Waals surface area contributed by atoms with E-state index in [1.54, 1.807) is 24.3 Å². The summed E-state index contributed by atoms with van der Waals surface area (Å²) in [6.45, 7) is 0. The topological polar surface area (TPSA) is 95.2 Å². The van der Waals surface area contributed by atoms with Gasteiger partial charge in [0.1, 0.15) is 0 Å². The fourth-order valence-electron chi connectivity index (χ4n) is 1.28. The van der Waals surface area contributed by atoms with Crippen LogP contribution in [0.15, 0.2) is 0 Å². The molecule has 0 bridgehead atoms. The lowest BCUT2D eigenvalue weighted by molar-refractivity contribution is 0.138. The van der Waals surface area contributed by atoms with Gasteiger partial charge in [-0.05, 0) is 12.8 Å². The minimum atomic E-state index is -1.39. The first-order valence-electron chi connectivity index (χ1n) is 3.35. The van der Waals surface area contributed by atoms with Crippen LogP contribution in [0.3, 0.4) is 0 Å². The molecule has 0 saturated heterocycles. The third kappa shape index (κ3) is 0.572. The zero-order valence-corrected chi connectivity index (χ0v) is 6.20. The van der Waals surface area contributed by atoms with Crippen LogP contribution >= 0.6 is 0 Å². The third-order valence-electron chi connectivity index (χ3n) is 2.37. The summed E-state index contributed by atoms with van der Waals surface area (Å²) in [4.78, 5) is 0. The van der Waals surface area contributed by atoms with E-state index in [0.717, 1.165) is 0 Å². The second-order valence-corrected chi connectivity index (χ2v) is 2.76. The number of hydrogen-bond acceptors (Lipinski definition) is 4.